The van der Waals surface area contributed by atoms with E-state index in [1.807, 2.05) is 0 Å². The molecule has 0 bridgehead atoms. The summed E-state index contributed by atoms with van der Waals surface area (Å²) in [5.74, 6) is -1.34. The molecular weight excluding hydrogens is 255 g/mol. The molecule has 0 saturated heterocycles. The minimum absolute atomic E-state index is 0.301. The highest BCUT2D eigenvalue weighted by molar-refractivity contribution is 5.98. The molecule has 0 spiro atoms. The Labute approximate surface area is 99.3 Å². The Morgan fingerprint density at radius 3 is 2.28 bits per heavy atom. The number of hydrogen-bond donors (Lipinski definition) is 0. The van der Waals surface area contributed by atoms with E-state index in [0.717, 1.165) is 20.1 Å². The summed E-state index contributed by atoms with van der Waals surface area (Å²) in [6, 6.07) is 1.03. The number of nitro benzene ring substituents is 1. The van der Waals surface area contributed by atoms with Crippen molar-refractivity contribution in [3.8, 4) is 5.75 Å². The third-order valence-electron chi connectivity index (χ3n) is 2.20. The molecule has 1 rings (SSSR count). The van der Waals surface area contributed by atoms with E-state index >= 15 is 0 Å². The number of carbonyl (C=O) groups is 1. The molecule has 0 saturated carbocycles. The van der Waals surface area contributed by atoms with Crippen LogP contribution in [0.2, 0.25) is 0 Å². The summed E-state index contributed by atoms with van der Waals surface area (Å²) < 4.78 is 42.4. The average Bonchev–Trinajstić information content (AvgIpc) is 2.25. The van der Waals surface area contributed by atoms with Gasteiger partial charge in [0, 0.05) is 6.07 Å². The minimum Gasteiger partial charge on any atom is -0.496 e. The second-order valence-corrected chi connectivity index (χ2v) is 3.38. The van der Waals surface area contributed by atoms with Crippen molar-refractivity contribution < 1.29 is 27.6 Å². The van der Waals surface area contributed by atoms with Crippen LogP contribution in [0.3, 0.4) is 0 Å². The van der Waals surface area contributed by atoms with E-state index < -0.39 is 39.4 Å². The van der Waals surface area contributed by atoms with Gasteiger partial charge in [-0.1, -0.05) is 0 Å². The number of alkyl halides is 3. The summed E-state index contributed by atoms with van der Waals surface area (Å²) in [7, 11) is 0.986. The first-order valence-electron chi connectivity index (χ1n) is 4.63. The SMILES string of the molecule is COc1cc(C(C)=O)c([N+](=O)[O-])cc1C(F)(F)F. The normalized spacial score (nSPS) is 11.2. The lowest BCUT2D eigenvalue weighted by Crippen LogP contribution is -2.10. The number of benzene rings is 1. The molecule has 0 aliphatic carbocycles. The molecule has 0 atom stereocenters. The number of ether oxygens (including phenoxy) is 1. The fourth-order valence-electron chi connectivity index (χ4n) is 1.39. The van der Waals surface area contributed by atoms with Gasteiger partial charge in [-0.15, -0.1) is 0 Å². The lowest BCUT2D eigenvalue weighted by molar-refractivity contribution is -0.385. The largest absolute Gasteiger partial charge is 0.496 e. The van der Waals surface area contributed by atoms with Crippen LogP contribution in [0.4, 0.5) is 18.9 Å². The number of nitro groups is 1. The summed E-state index contributed by atoms with van der Waals surface area (Å²) in [5, 5.41) is 10.7. The minimum atomic E-state index is -4.80. The molecular formula is C10H8F3NO4. The number of methoxy groups -OCH3 is 1. The van der Waals surface area contributed by atoms with E-state index in [4.69, 9.17) is 0 Å². The first kappa shape index (κ1) is 13.9. The average molecular weight is 263 g/mol. The molecule has 18 heavy (non-hydrogen) atoms. The Bertz CT molecular complexity index is 511. The highest BCUT2D eigenvalue weighted by Gasteiger charge is 2.37. The van der Waals surface area contributed by atoms with Crippen molar-refractivity contribution >= 4 is 11.5 Å². The van der Waals surface area contributed by atoms with Crippen molar-refractivity contribution in [1.29, 1.82) is 0 Å². The molecule has 0 amide bonds. The van der Waals surface area contributed by atoms with Crippen molar-refractivity contribution in [2.45, 2.75) is 13.1 Å². The lowest BCUT2D eigenvalue weighted by atomic mass is 10.0. The summed E-state index contributed by atoms with van der Waals surface area (Å²) in [5.41, 5.74) is -2.61. The number of nitrogens with zero attached hydrogens (tertiary/aromatic N) is 1. The fraction of sp³-hybridized carbons (Fsp3) is 0.300. The number of rotatable bonds is 3. The van der Waals surface area contributed by atoms with Crippen LogP contribution in [-0.2, 0) is 6.18 Å². The molecule has 0 radical (unpaired) electrons. The van der Waals surface area contributed by atoms with E-state index in [1.165, 1.54) is 0 Å². The highest BCUT2D eigenvalue weighted by atomic mass is 19.4. The quantitative estimate of drug-likeness (QED) is 0.477. The van der Waals surface area contributed by atoms with Gasteiger partial charge in [0.2, 0.25) is 0 Å². The maximum Gasteiger partial charge on any atom is 0.420 e. The highest BCUT2D eigenvalue weighted by Crippen LogP contribution is 2.39. The first-order valence-corrected chi connectivity index (χ1v) is 4.63. The molecule has 0 aliphatic rings. The van der Waals surface area contributed by atoms with Gasteiger partial charge in [0.15, 0.2) is 5.78 Å². The molecule has 0 heterocycles. The fourth-order valence-corrected chi connectivity index (χ4v) is 1.39. The summed E-state index contributed by atoms with van der Waals surface area (Å²) in [6.07, 6.45) is -4.80. The van der Waals surface area contributed by atoms with E-state index in [-0.39, 0.29) is 0 Å². The van der Waals surface area contributed by atoms with Crippen LogP contribution >= 0.6 is 0 Å². The smallest absolute Gasteiger partial charge is 0.420 e. The van der Waals surface area contributed by atoms with E-state index in [2.05, 4.69) is 4.74 Å². The van der Waals surface area contributed by atoms with Gasteiger partial charge in [0.25, 0.3) is 5.69 Å². The Morgan fingerprint density at radius 2 is 1.94 bits per heavy atom. The second kappa shape index (κ2) is 4.63. The molecule has 98 valence electrons. The number of carbonyl (C=O) groups excluding carboxylic acids is 1. The zero-order valence-corrected chi connectivity index (χ0v) is 9.37. The summed E-state index contributed by atoms with van der Waals surface area (Å²) in [6.45, 7) is 1.02. The number of halogens is 3. The van der Waals surface area contributed by atoms with Crippen LogP contribution < -0.4 is 4.74 Å². The van der Waals surface area contributed by atoms with Gasteiger partial charge >= 0.3 is 6.18 Å². The van der Waals surface area contributed by atoms with Crippen LogP contribution in [0.25, 0.3) is 0 Å². The van der Waals surface area contributed by atoms with Crippen molar-refractivity contribution in [3.05, 3.63) is 33.4 Å². The third kappa shape index (κ3) is 2.58. The van der Waals surface area contributed by atoms with Gasteiger partial charge in [-0.25, -0.2) is 0 Å². The van der Waals surface area contributed by atoms with E-state index in [0.29, 0.717) is 6.07 Å². The lowest BCUT2D eigenvalue weighted by Gasteiger charge is -2.12. The molecule has 0 unspecified atom stereocenters. The van der Waals surface area contributed by atoms with Crippen LogP contribution in [0.1, 0.15) is 22.8 Å². The zero-order chi connectivity index (χ0) is 14.1. The van der Waals surface area contributed by atoms with E-state index in [9.17, 15) is 28.1 Å². The molecule has 1 aromatic rings. The van der Waals surface area contributed by atoms with Gasteiger partial charge in [-0.2, -0.15) is 13.2 Å². The van der Waals surface area contributed by atoms with Gasteiger partial charge in [-0.05, 0) is 13.0 Å². The molecule has 5 nitrogen and oxygen atoms in total. The number of hydrogen-bond acceptors (Lipinski definition) is 4. The molecule has 0 aromatic heterocycles. The molecule has 1 aromatic carbocycles. The molecule has 0 fully saturated rings. The van der Waals surface area contributed by atoms with Crippen molar-refractivity contribution in [1.82, 2.24) is 0 Å². The van der Waals surface area contributed by atoms with Crippen LogP contribution in [-0.4, -0.2) is 17.8 Å². The van der Waals surface area contributed by atoms with Gasteiger partial charge < -0.3 is 4.74 Å². The Kier molecular flexibility index (Phi) is 3.59. The van der Waals surface area contributed by atoms with Crippen LogP contribution in [0, 0.1) is 10.1 Å². The van der Waals surface area contributed by atoms with Gasteiger partial charge in [0.1, 0.15) is 11.3 Å². The maximum absolute atomic E-state index is 12.6. The predicted octanol–water partition coefficient (Wildman–Crippen LogP) is 2.82. The van der Waals surface area contributed by atoms with Crippen molar-refractivity contribution in [2.75, 3.05) is 7.11 Å². The topological polar surface area (TPSA) is 69.4 Å². The Balaban J connectivity index is 3.62. The Hall–Kier alpha value is -2.12. The number of ketones is 1. The molecule has 8 heteroatoms. The van der Waals surface area contributed by atoms with E-state index in [1.54, 1.807) is 0 Å². The van der Waals surface area contributed by atoms with Crippen molar-refractivity contribution in [3.63, 3.8) is 0 Å². The Morgan fingerprint density at radius 1 is 1.39 bits per heavy atom. The number of Topliss-reactive ketones (excluding diaryl/α,β-unsaturated/α-hetero) is 1. The first-order chi connectivity index (χ1) is 8.18. The third-order valence-corrected chi connectivity index (χ3v) is 2.20. The molecule has 0 aliphatic heterocycles. The summed E-state index contributed by atoms with van der Waals surface area (Å²) in [4.78, 5) is 20.8. The zero-order valence-electron chi connectivity index (χ0n) is 9.37. The second-order valence-electron chi connectivity index (χ2n) is 3.38. The van der Waals surface area contributed by atoms with Crippen molar-refractivity contribution in [2.24, 2.45) is 0 Å². The van der Waals surface area contributed by atoms with Gasteiger partial charge in [-0.3, -0.25) is 14.9 Å². The maximum atomic E-state index is 12.6. The van der Waals surface area contributed by atoms with Crippen LogP contribution in [0.5, 0.6) is 5.75 Å². The summed E-state index contributed by atoms with van der Waals surface area (Å²) >= 11 is 0. The predicted molar refractivity (Wildman–Crippen MR) is 54.7 cm³/mol. The van der Waals surface area contributed by atoms with Crippen LogP contribution in [0.15, 0.2) is 12.1 Å². The molecule has 0 N–H and O–H groups in total. The standard InChI is InChI=1S/C10H8F3NO4/c1-5(15)6-3-9(18-2)7(10(11,12)13)4-8(6)14(16)17/h3-4H,1-2H3. The monoisotopic (exact) mass is 263 g/mol. The van der Waals surface area contributed by atoms with Gasteiger partial charge in [0.05, 0.1) is 17.6 Å².